The SMILES string of the molecule is CN(C)c1ccc(N(c2ccccc2)c2ccc(COP(=O)(O)O)cc2)cc1. The Bertz CT molecular complexity index is 938. The Morgan fingerprint density at radius 1 is 0.750 bits per heavy atom. The molecule has 28 heavy (non-hydrogen) atoms. The van der Waals surface area contributed by atoms with Crippen molar-refractivity contribution < 1.29 is 18.9 Å². The number of phosphoric ester groups is 1. The Morgan fingerprint density at radius 3 is 1.71 bits per heavy atom. The fraction of sp³-hybridized carbons (Fsp3) is 0.143. The molecule has 3 aromatic carbocycles. The summed E-state index contributed by atoms with van der Waals surface area (Å²) in [6.45, 7) is -0.145. The third-order valence-corrected chi connectivity index (χ3v) is 4.70. The molecule has 0 aliphatic rings. The summed E-state index contributed by atoms with van der Waals surface area (Å²) < 4.78 is 15.5. The molecule has 3 rings (SSSR count). The van der Waals surface area contributed by atoms with Crippen LogP contribution in [0.3, 0.4) is 0 Å². The molecule has 146 valence electrons. The molecule has 0 fully saturated rings. The number of hydrogen-bond donors (Lipinski definition) is 2. The molecule has 0 heterocycles. The molecule has 3 aromatic rings. The molecule has 2 N–H and O–H groups in total. The number of nitrogens with zero attached hydrogens (tertiary/aromatic N) is 2. The van der Waals surface area contributed by atoms with Crippen LogP contribution in [0.5, 0.6) is 0 Å². The average Bonchev–Trinajstić information content (AvgIpc) is 2.68. The smallest absolute Gasteiger partial charge is 0.378 e. The van der Waals surface area contributed by atoms with Gasteiger partial charge in [0.1, 0.15) is 0 Å². The monoisotopic (exact) mass is 398 g/mol. The highest BCUT2D eigenvalue weighted by atomic mass is 31.2. The topological polar surface area (TPSA) is 73.2 Å². The van der Waals surface area contributed by atoms with Crippen molar-refractivity contribution in [3.8, 4) is 0 Å². The molecule has 0 amide bonds. The number of hydrogen-bond acceptors (Lipinski definition) is 4. The van der Waals surface area contributed by atoms with Gasteiger partial charge in [-0.05, 0) is 54.1 Å². The van der Waals surface area contributed by atoms with Gasteiger partial charge in [-0.2, -0.15) is 0 Å². The molecule has 7 heteroatoms. The largest absolute Gasteiger partial charge is 0.469 e. The lowest BCUT2D eigenvalue weighted by atomic mass is 10.1. The van der Waals surface area contributed by atoms with Gasteiger partial charge >= 0.3 is 7.82 Å². The van der Waals surface area contributed by atoms with Crippen molar-refractivity contribution in [1.82, 2.24) is 0 Å². The van der Waals surface area contributed by atoms with E-state index in [1.54, 1.807) is 12.1 Å². The molecular formula is C21H23N2O4P. The van der Waals surface area contributed by atoms with Crippen molar-refractivity contribution in [2.75, 3.05) is 23.9 Å². The minimum atomic E-state index is -4.49. The minimum Gasteiger partial charge on any atom is -0.378 e. The predicted octanol–water partition coefficient (Wildman–Crippen LogP) is 4.83. The molecular weight excluding hydrogens is 375 g/mol. The van der Waals surface area contributed by atoms with Crippen LogP contribution in [-0.4, -0.2) is 23.9 Å². The highest BCUT2D eigenvalue weighted by molar-refractivity contribution is 7.46. The molecule has 0 radical (unpaired) electrons. The van der Waals surface area contributed by atoms with Crippen LogP contribution >= 0.6 is 7.82 Å². The summed E-state index contributed by atoms with van der Waals surface area (Å²) in [7, 11) is -0.480. The van der Waals surface area contributed by atoms with E-state index in [2.05, 4.69) is 33.7 Å². The van der Waals surface area contributed by atoms with E-state index >= 15 is 0 Å². The summed E-state index contributed by atoms with van der Waals surface area (Å²) >= 11 is 0. The Balaban J connectivity index is 1.92. The van der Waals surface area contributed by atoms with Crippen LogP contribution in [0.25, 0.3) is 0 Å². The summed E-state index contributed by atoms with van der Waals surface area (Å²) in [5, 5.41) is 0. The van der Waals surface area contributed by atoms with E-state index in [9.17, 15) is 4.57 Å². The van der Waals surface area contributed by atoms with Gasteiger partial charge in [0.2, 0.25) is 0 Å². The van der Waals surface area contributed by atoms with Gasteiger partial charge in [0.05, 0.1) is 6.61 Å². The van der Waals surface area contributed by atoms with Crippen molar-refractivity contribution in [3.63, 3.8) is 0 Å². The van der Waals surface area contributed by atoms with Crippen LogP contribution in [-0.2, 0) is 15.7 Å². The molecule has 0 aliphatic carbocycles. The van der Waals surface area contributed by atoms with E-state index in [1.165, 1.54) is 0 Å². The summed E-state index contributed by atoms with van der Waals surface area (Å²) in [5.74, 6) is 0. The molecule has 0 atom stereocenters. The van der Waals surface area contributed by atoms with Crippen molar-refractivity contribution >= 4 is 30.6 Å². The zero-order valence-corrected chi connectivity index (χ0v) is 16.7. The second kappa shape index (κ2) is 8.59. The van der Waals surface area contributed by atoms with E-state index in [0.717, 1.165) is 22.7 Å². The quantitative estimate of drug-likeness (QED) is 0.556. The lowest BCUT2D eigenvalue weighted by molar-refractivity contribution is 0.189. The van der Waals surface area contributed by atoms with Gasteiger partial charge in [0.25, 0.3) is 0 Å². The molecule has 0 spiro atoms. The van der Waals surface area contributed by atoms with Gasteiger partial charge in [-0.15, -0.1) is 0 Å². The number of rotatable bonds is 7. The fourth-order valence-electron chi connectivity index (χ4n) is 2.82. The maximum absolute atomic E-state index is 10.9. The first kappa shape index (κ1) is 20.1. The summed E-state index contributed by atoms with van der Waals surface area (Å²) in [6.07, 6.45) is 0. The van der Waals surface area contributed by atoms with Crippen LogP contribution < -0.4 is 9.80 Å². The number of benzene rings is 3. The van der Waals surface area contributed by atoms with Crippen molar-refractivity contribution in [2.45, 2.75) is 6.61 Å². The second-order valence-corrected chi connectivity index (χ2v) is 7.75. The Kier molecular flexibility index (Phi) is 6.17. The zero-order valence-electron chi connectivity index (χ0n) is 15.8. The van der Waals surface area contributed by atoms with Gasteiger partial charge in [-0.25, -0.2) is 4.57 Å². The predicted molar refractivity (Wildman–Crippen MR) is 112 cm³/mol. The van der Waals surface area contributed by atoms with Crippen molar-refractivity contribution in [3.05, 3.63) is 84.4 Å². The van der Waals surface area contributed by atoms with E-state index < -0.39 is 7.82 Å². The van der Waals surface area contributed by atoms with Crippen LogP contribution in [0.2, 0.25) is 0 Å². The van der Waals surface area contributed by atoms with Crippen molar-refractivity contribution in [1.29, 1.82) is 0 Å². The van der Waals surface area contributed by atoms with Crippen molar-refractivity contribution in [2.24, 2.45) is 0 Å². The molecule has 0 saturated heterocycles. The van der Waals surface area contributed by atoms with Crippen LogP contribution in [0.1, 0.15) is 5.56 Å². The van der Waals surface area contributed by atoms with Gasteiger partial charge in [0.15, 0.2) is 0 Å². The highest BCUT2D eigenvalue weighted by Crippen LogP contribution is 2.38. The van der Waals surface area contributed by atoms with Gasteiger partial charge in [-0.3, -0.25) is 4.52 Å². The second-order valence-electron chi connectivity index (χ2n) is 6.51. The molecule has 0 bridgehead atoms. The molecule has 0 unspecified atom stereocenters. The molecule has 0 saturated carbocycles. The maximum Gasteiger partial charge on any atom is 0.469 e. The van der Waals surface area contributed by atoms with E-state index in [-0.39, 0.29) is 6.61 Å². The summed E-state index contributed by atoms with van der Waals surface area (Å²) in [6, 6.07) is 25.7. The zero-order chi connectivity index (χ0) is 20.1. The average molecular weight is 398 g/mol. The third kappa shape index (κ3) is 5.21. The molecule has 0 aliphatic heterocycles. The third-order valence-electron chi connectivity index (χ3n) is 4.23. The van der Waals surface area contributed by atoms with E-state index in [1.807, 2.05) is 61.5 Å². The maximum atomic E-state index is 10.9. The first-order chi connectivity index (χ1) is 13.3. The first-order valence-electron chi connectivity index (χ1n) is 8.75. The summed E-state index contributed by atoms with van der Waals surface area (Å²) in [5.41, 5.74) is 4.75. The normalized spacial score (nSPS) is 11.3. The minimum absolute atomic E-state index is 0.145. The Hall–Kier alpha value is -2.63. The Labute approximate surface area is 164 Å². The highest BCUT2D eigenvalue weighted by Gasteiger charge is 2.15. The standard InChI is InChI=1S/C21H23N2O4P/c1-22(2)18-12-14-21(15-13-18)23(19-6-4-3-5-7-19)20-10-8-17(9-11-20)16-27-28(24,25)26/h3-15H,16H2,1-2H3,(H2,24,25,26). The fourth-order valence-corrected chi connectivity index (χ4v) is 3.14. The number of para-hydroxylation sites is 1. The van der Waals surface area contributed by atoms with E-state index in [4.69, 9.17) is 9.79 Å². The van der Waals surface area contributed by atoms with Crippen LogP contribution in [0, 0.1) is 0 Å². The Morgan fingerprint density at radius 2 is 1.21 bits per heavy atom. The van der Waals surface area contributed by atoms with Gasteiger partial charge in [-0.1, -0.05) is 30.3 Å². The van der Waals surface area contributed by atoms with Gasteiger partial charge in [0, 0.05) is 36.8 Å². The van der Waals surface area contributed by atoms with E-state index in [0.29, 0.717) is 5.56 Å². The van der Waals surface area contributed by atoms with Crippen LogP contribution in [0.4, 0.5) is 22.7 Å². The molecule has 6 nitrogen and oxygen atoms in total. The first-order valence-corrected chi connectivity index (χ1v) is 10.3. The number of anilines is 4. The van der Waals surface area contributed by atoms with Crippen LogP contribution in [0.15, 0.2) is 78.9 Å². The lowest BCUT2D eigenvalue weighted by Crippen LogP contribution is -2.11. The number of phosphoric acid groups is 1. The summed E-state index contributed by atoms with van der Waals surface area (Å²) in [4.78, 5) is 21.9. The molecule has 0 aromatic heterocycles. The lowest BCUT2D eigenvalue weighted by Gasteiger charge is -2.26. The van der Waals surface area contributed by atoms with Gasteiger partial charge < -0.3 is 19.6 Å².